The van der Waals surface area contributed by atoms with Gasteiger partial charge >= 0.3 is 0 Å². The monoisotopic (exact) mass is 525 g/mol. The molecule has 5 rings (SSSR count). The highest BCUT2D eigenvalue weighted by Crippen LogP contribution is 2.65. The third kappa shape index (κ3) is 4.64. The Morgan fingerprint density at radius 2 is 1.82 bits per heavy atom. The van der Waals surface area contributed by atoms with Gasteiger partial charge in [-0.3, -0.25) is 14.4 Å². The fraction of sp³-hybridized carbons (Fsp3) is 0.700. The topological polar surface area (TPSA) is 108 Å². The summed E-state index contributed by atoms with van der Waals surface area (Å²) in [6.45, 7) is 4.94. The number of likely N-dealkylation sites (tertiary alicyclic amines) is 1. The second kappa shape index (κ2) is 11.0. The molecule has 1 saturated carbocycles. The van der Waals surface area contributed by atoms with Crippen LogP contribution in [0.25, 0.3) is 0 Å². The number of benzene rings is 1. The number of aliphatic hydroxyl groups is 1. The van der Waals surface area contributed by atoms with Crippen LogP contribution in [0.1, 0.15) is 77.2 Å². The molecule has 3 unspecified atom stereocenters. The number of hydrogen-bond acceptors (Lipinski definition) is 5. The molecule has 3 aliphatic heterocycles. The molecule has 2 bridgehead atoms. The second-order valence-electron chi connectivity index (χ2n) is 12.1. The average Bonchev–Trinajstić information content (AvgIpc) is 3.43. The fourth-order valence-electron chi connectivity index (χ4n) is 7.67. The number of carbonyl (C=O) groups is 3. The van der Waals surface area contributed by atoms with Crippen LogP contribution in [0.2, 0.25) is 0 Å². The first-order valence-electron chi connectivity index (χ1n) is 14.6. The number of fused-ring (bicyclic) bond motifs is 1. The molecule has 1 aliphatic carbocycles. The lowest BCUT2D eigenvalue weighted by Crippen LogP contribution is -2.57. The number of amides is 3. The lowest BCUT2D eigenvalue weighted by molar-refractivity contribution is -0.148. The lowest BCUT2D eigenvalue weighted by Gasteiger charge is -2.36. The van der Waals surface area contributed by atoms with E-state index in [2.05, 4.69) is 17.6 Å². The van der Waals surface area contributed by atoms with E-state index in [0.717, 1.165) is 37.7 Å². The first kappa shape index (κ1) is 27.1. The van der Waals surface area contributed by atoms with Crippen molar-refractivity contribution in [1.82, 2.24) is 15.5 Å². The minimum absolute atomic E-state index is 0.0262. The van der Waals surface area contributed by atoms with E-state index in [0.29, 0.717) is 32.4 Å². The van der Waals surface area contributed by atoms with E-state index in [1.807, 2.05) is 37.3 Å². The van der Waals surface area contributed by atoms with E-state index in [1.165, 1.54) is 6.42 Å². The fourth-order valence-corrected chi connectivity index (χ4v) is 7.67. The van der Waals surface area contributed by atoms with E-state index >= 15 is 0 Å². The maximum Gasteiger partial charge on any atom is 0.246 e. The minimum Gasteiger partial charge on any atom is -0.396 e. The van der Waals surface area contributed by atoms with Crippen molar-refractivity contribution in [3.8, 4) is 0 Å². The summed E-state index contributed by atoms with van der Waals surface area (Å²) in [5, 5.41) is 15.6. The smallest absolute Gasteiger partial charge is 0.246 e. The zero-order valence-corrected chi connectivity index (χ0v) is 22.8. The minimum atomic E-state index is -1.00. The molecule has 38 heavy (non-hydrogen) atoms. The Morgan fingerprint density at radius 3 is 2.53 bits per heavy atom. The molecule has 6 atom stereocenters. The lowest BCUT2D eigenvalue weighted by atomic mass is 9.62. The summed E-state index contributed by atoms with van der Waals surface area (Å²) < 4.78 is 6.80. The maximum atomic E-state index is 14.1. The summed E-state index contributed by atoms with van der Waals surface area (Å²) in [6.07, 6.45) is 8.01. The summed E-state index contributed by atoms with van der Waals surface area (Å²) in [4.78, 5) is 43.5. The van der Waals surface area contributed by atoms with Gasteiger partial charge in [-0.15, -0.1) is 0 Å². The van der Waals surface area contributed by atoms with Crippen LogP contribution < -0.4 is 10.6 Å². The third-order valence-electron chi connectivity index (χ3n) is 9.66. The van der Waals surface area contributed by atoms with Crippen LogP contribution >= 0.6 is 0 Å². The standard InChI is InChI=1S/C30H43N3O5/c1-20-18-30-24(23(29(20,2)38-30)26(35)31-19-21-12-6-3-7-13-21)28(37)33(16-10-5-11-17-34)25(30)27(36)32-22-14-8-4-9-15-22/h3,6-7,12-13,20,22-25,34H,4-5,8-11,14-19H2,1-2H3,(H,31,35)(H,32,36)/t20?,23-,24+,25?,29+,30?/m1/s1. The molecule has 3 N–H and O–H groups in total. The van der Waals surface area contributed by atoms with Gasteiger partial charge in [0.2, 0.25) is 17.7 Å². The summed E-state index contributed by atoms with van der Waals surface area (Å²) in [7, 11) is 0. The van der Waals surface area contributed by atoms with Crippen molar-refractivity contribution in [2.45, 2.75) is 101 Å². The van der Waals surface area contributed by atoms with Crippen LogP contribution in [0.4, 0.5) is 0 Å². The molecule has 3 saturated heterocycles. The van der Waals surface area contributed by atoms with Crippen molar-refractivity contribution < 1.29 is 24.2 Å². The molecule has 8 nitrogen and oxygen atoms in total. The van der Waals surface area contributed by atoms with Gasteiger partial charge in [-0.2, -0.15) is 0 Å². The Morgan fingerprint density at radius 1 is 1.08 bits per heavy atom. The molecule has 1 aromatic carbocycles. The van der Waals surface area contributed by atoms with Crippen molar-refractivity contribution in [3.05, 3.63) is 35.9 Å². The third-order valence-corrected chi connectivity index (χ3v) is 9.66. The Labute approximate surface area is 225 Å². The van der Waals surface area contributed by atoms with Gasteiger partial charge in [0.1, 0.15) is 11.6 Å². The highest BCUT2D eigenvalue weighted by atomic mass is 16.5. The Bertz CT molecular complexity index is 1030. The first-order valence-corrected chi connectivity index (χ1v) is 14.6. The highest BCUT2D eigenvalue weighted by Gasteiger charge is 2.79. The summed E-state index contributed by atoms with van der Waals surface area (Å²) in [5.74, 6) is -1.78. The van der Waals surface area contributed by atoms with Crippen molar-refractivity contribution in [1.29, 1.82) is 0 Å². The number of aliphatic hydroxyl groups excluding tert-OH is 1. The van der Waals surface area contributed by atoms with Crippen molar-refractivity contribution in [2.24, 2.45) is 17.8 Å². The number of rotatable bonds is 10. The van der Waals surface area contributed by atoms with Gasteiger partial charge < -0.3 is 25.4 Å². The largest absolute Gasteiger partial charge is 0.396 e. The molecule has 3 amide bonds. The number of nitrogens with zero attached hydrogens (tertiary/aromatic N) is 1. The van der Waals surface area contributed by atoms with E-state index in [-0.39, 0.29) is 36.3 Å². The molecule has 3 heterocycles. The van der Waals surface area contributed by atoms with Crippen LogP contribution in [0.3, 0.4) is 0 Å². The van der Waals surface area contributed by atoms with Crippen LogP contribution in [0.15, 0.2) is 30.3 Å². The molecular formula is C30H43N3O5. The van der Waals surface area contributed by atoms with Crippen LogP contribution in [-0.4, -0.2) is 64.2 Å². The SMILES string of the molecule is CC1CC23O[C@]1(C)[C@@H](C(=O)NCc1ccccc1)[C@H]2C(=O)N(CCCCCO)C3C(=O)NC1CCCCC1. The predicted molar refractivity (Wildman–Crippen MR) is 143 cm³/mol. The molecule has 0 radical (unpaired) electrons. The van der Waals surface area contributed by atoms with E-state index in [9.17, 15) is 19.5 Å². The van der Waals surface area contributed by atoms with E-state index in [1.54, 1.807) is 4.90 Å². The van der Waals surface area contributed by atoms with Gasteiger partial charge in [-0.1, -0.05) is 56.5 Å². The first-order chi connectivity index (χ1) is 18.3. The van der Waals surface area contributed by atoms with E-state index in [4.69, 9.17) is 4.74 Å². The quantitative estimate of drug-likeness (QED) is 0.407. The van der Waals surface area contributed by atoms with Gasteiger partial charge in [-0.25, -0.2) is 0 Å². The average molecular weight is 526 g/mol. The summed E-state index contributed by atoms with van der Waals surface area (Å²) in [6, 6.07) is 9.11. The number of unbranched alkanes of at least 4 members (excludes halogenated alkanes) is 2. The number of carbonyl (C=O) groups excluding carboxylic acids is 3. The van der Waals surface area contributed by atoms with Crippen LogP contribution in [0.5, 0.6) is 0 Å². The number of hydrogen-bond donors (Lipinski definition) is 3. The molecule has 1 aromatic rings. The summed E-state index contributed by atoms with van der Waals surface area (Å²) in [5.41, 5.74) is -0.825. The molecule has 4 fully saturated rings. The molecule has 1 spiro atoms. The van der Waals surface area contributed by atoms with Crippen molar-refractivity contribution >= 4 is 17.7 Å². The zero-order chi connectivity index (χ0) is 26.9. The maximum absolute atomic E-state index is 14.1. The summed E-state index contributed by atoms with van der Waals surface area (Å²) >= 11 is 0. The van der Waals surface area contributed by atoms with E-state index < -0.39 is 29.1 Å². The predicted octanol–water partition coefficient (Wildman–Crippen LogP) is 2.92. The number of nitrogens with one attached hydrogen (secondary N) is 2. The van der Waals surface area contributed by atoms with Gasteiger partial charge in [0.15, 0.2) is 0 Å². The zero-order valence-electron chi connectivity index (χ0n) is 22.8. The number of ether oxygens (including phenoxy) is 1. The molecule has 0 aromatic heterocycles. The normalized spacial score (nSPS) is 34.4. The van der Waals surface area contributed by atoms with Crippen LogP contribution in [-0.2, 0) is 25.7 Å². The highest BCUT2D eigenvalue weighted by molar-refractivity contribution is 5.99. The van der Waals surface area contributed by atoms with Gasteiger partial charge in [-0.05, 0) is 56.9 Å². The Balaban J connectivity index is 1.43. The molecule has 4 aliphatic rings. The molecule has 208 valence electrons. The molecule has 8 heteroatoms. The second-order valence-corrected chi connectivity index (χ2v) is 12.1. The van der Waals surface area contributed by atoms with Gasteiger partial charge in [0.05, 0.1) is 17.4 Å². The van der Waals surface area contributed by atoms with Crippen molar-refractivity contribution in [2.75, 3.05) is 13.2 Å². The Hall–Kier alpha value is -2.45. The van der Waals surface area contributed by atoms with Gasteiger partial charge in [0.25, 0.3) is 0 Å². The molecular weight excluding hydrogens is 482 g/mol. The van der Waals surface area contributed by atoms with Gasteiger partial charge in [0, 0.05) is 25.7 Å². The van der Waals surface area contributed by atoms with Crippen molar-refractivity contribution in [3.63, 3.8) is 0 Å². The Kier molecular flexibility index (Phi) is 7.83. The van der Waals surface area contributed by atoms with Crippen LogP contribution in [0, 0.1) is 17.8 Å².